The molecule has 1 rings (SSSR count). The average molecular weight is 230 g/mol. The zero-order chi connectivity index (χ0) is 11.6. The van der Waals surface area contributed by atoms with Crippen molar-refractivity contribution in [2.24, 2.45) is 0 Å². The van der Waals surface area contributed by atoms with Gasteiger partial charge in [-0.05, 0) is 18.2 Å². The molecular formula is C9H10O5S. The van der Waals surface area contributed by atoms with E-state index in [-0.39, 0.29) is 10.5 Å². The van der Waals surface area contributed by atoms with Gasteiger partial charge >= 0.3 is 5.97 Å². The van der Waals surface area contributed by atoms with Crippen molar-refractivity contribution in [1.29, 1.82) is 0 Å². The molecular weight excluding hydrogens is 220 g/mol. The SMILES string of the molecule is COc1ccc(C(=O)O)c(S(C)(=O)=O)c1. The van der Waals surface area contributed by atoms with Gasteiger partial charge in [0.2, 0.25) is 0 Å². The molecule has 1 aromatic rings. The van der Waals surface area contributed by atoms with Crippen LogP contribution in [0.15, 0.2) is 23.1 Å². The maximum absolute atomic E-state index is 11.3. The van der Waals surface area contributed by atoms with Crippen LogP contribution in [0.5, 0.6) is 5.75 Å². The Morgan fingerprint density at radius 1 is 1.40 bits per heavy atom. The Bertz CT molecular complexity index is 489. The van der Waals surface area contributed by atoms with Crippen LogP contribution in [0.2, 0.25) is 0 Å². The van der Waals surface area contributed by atoms with E-state index in [4.69, 9.17) is 9.84 Å². The molecule has 0 saturated carbocycles. The largest absolute Gasteiger partial charge is 0.497 e. The Hall–Kier alpha value is -1.56. The molecule has 0 aromatic heterocycles. The molecule has 6 heteroatoms. The minimum atomic E-state index is -3.57. The molecule has 0 saturated heterocycles. The molecule has 0 atom stereocenters. The third-order valence-electron chi connectivity index (χ3n) is 1.82. The standard InChI is InChI=1S/C9H10O5S/c1-14-6-3-4-7(9(10)11)8(5-6)15(2,12)13/h3-5H,1-2H3,(H,10,11). The Morgan fingerprint density at radius 3 is 2.40 bits per heavy atom. The lowest BCUT2D eigenvalue weighted by molar-refractivity contribution is 0.0692. The number of carboxylic acid groups (broad SMARTS) is 1. The number of aromatic carboxylic acids is 1. The summed E-state index contributed by atoms with van der Waals surface area (Å²) in [4.78, 5) is 10.5. The van der Waals surface area contributed by atoms with Gasteiger partial charge in [0, 0.05) is 6.26 Å². The van der Waals surface area contributed by atoms with Crippen molar-refractivity contribution in [3.8, 4) is 5.75 Å². The Kier molecular flexibility index (Phi) is 2.99. The molecule has 0 heterocycles. The molecule has 82 valence electrons. The quantitative estimate of drug-likeness (QED) is 0.830. The van der Waals surface area contributed by atoms with E-state index in [0.29, 0.717) is 5.75 Å². The van der Waals surface area contributed by atoms with Crippen LogP contribution in [0.25, 0.3) is 0 Å². The minimum Gasteiger partial charge on any atom is -0.497 e. The number of benzene rings is 1. The van der Waals surface area contributed by atoms with E-state index in [2.05, 4.69) is 0 Å². The Morgan fingerprint density at radius 2 is 2.00 bits per heavy atom. The topological polar surface area (TPSA) is 80.7 Å². The van der Waals surface area contributed by atoms with E-state index < -0.39 is 15.8 Å². The molecule has 0 bridgehead atoms. The van der Waals surface area contributed by atoms with Crippen LogP contribution in [-0.4, -0.2) is 32.9 Å². The number of ether oxygens (including phenoxy) is 1. The highest BCUT2D eigenvalue weighted by atomic mass is 32.2. The zero-order valence-electron chi connectivity index (χ0n) is 8.22. The first-order chi connectivity index (χ1) is 6.86. The number of carboxylic acids is 1. The maximum atomic E-state index is 11.3. The van der Waals surface area contributed by atoms with Gasteiger partial charge in [0.25, 0.3) is 0 Å². The van der Waals surface area contributed by atoms with Crippen LogP contribution in [-0.2, 0) is 9.84 Å². The number of sulfone groups is 1. The Labute approximate surface area is 87.2 Å². The first kappa shape index (κ1) is 11.5. The summed E-state index contributed by atoms with van der Waals surface area (Å²) in [6, 6.07) is 3.80. The lowest BCUT2D eigenvalue weighted by Gasteiger charge is -2.06. The lowest BCUT2D eigenvalue weighted by atomic mass is 10.2. The second kappa shape index (κ2) is 3.90. The summed E-state index contributed by atoms with van der Waals surface area (Å²) in [5, 5.41) is 8.79. The van der Waals surface area contributed by atoms with Crippen LogP contribution in [0.1, 0.15) is 10.4 Å². The molecule has 1 aromatic carbocycles. The van der Waals surface area contributed by atoms with Gasteiger partial charge in [0.1, 0.15) is 5.75 Å². The zero-order valence-corrected chi connectivity index (χ0v) is 9.04. The highest BCUT2D eigenvalue weighted by Gasteiger charge is 2.18. The summed E-state index contributed by atoms with van der Waals surface area (Å²) in [7, 11) is -2.20. The van der Waals surface area contributed by atoms with Crippen molar-refractivity contribution in [3.63, 3.8) is 0 Å². The van der Waals surface area contributed by atoms with Crippen LogP contribution in [0.3, 0.4) is 0 Å². The molecule has 0 aliphatic rings. The number of carbonyl (C=O) groups is 1. The molecule has 15 heavy (non-hydrogen) atoms. The van der Waals surface area contributed by atoms with Gasteiger partial charge in [-0.1, -0.05) is 0 Å². The third kappa shape index (κ3) is 2.47. The molecule has 5 nitrogen and oxygen atoms in total. The average Bonchev–Trinajstić information content (AvgIpc) is 2.15. The minimum absolute atomic E-state index is 0.241. The number of rotatable bonds is 3. The maximum Gasteiger partial charge on any atom is 0.337 e. The van der Waals surface area contributed by atoms with Gasteiger partial charge in [-0.2, -0.15) is 0 Å². The molecule has 0 aliphatic heterocycles. The van der Waals surface area contributed by atoms with Gasteiger partial charge in [-0.15, -0.1) is 0 Å². The van der Waals surface area contributed by atoms with Crippen molar-refractivity contribution in [2.45, 2.75) is 4.90 Å². The number of hydrogen-bond donors (Lipinski definition) is 1. The smallest absolute Gasteiger partial charge is 0.337 e. The molecule has 0 radical (unpaired) electrons. The fourth-order valence-electron chi connectivity index (χ4n) is 1.11. The van der Waals surface area contributed by atoms with Crippen molar-refractivity contribution in [1.82, 2.24) is 0 Å². The summed E-state index contributed by atoms with van der Waals surface area (Å²) in [5.74, 6) is -0.974. The van der Waals surface area contributed by atoms with Crippen LogP contribution in [0.4, 0.5) is 0 Å². The first-order valence-electron chi connectivity index (χ1n) is 3.97. The van der Waals surface area contributed by atoms with Crippen molar-refractivity contribution < 1.29 is 23.1 Å². The van der Waals surface area contributed by atoms with E-state index in [1.165, 1.54) is 25.3 Å². The second-order valence-electron chi connectivity index (χ2n) is 2.94. The van der Waals surface area contributed by atoms with E-state index in [1.807, 2.05) is 0 Å². The molecule has 0 spiro atoms. The number of methoxy groups -OCH3 is 1. The van der Waals surface area contributed by atoms with E-state index in [1.54, 1.807) is 0 Å². The number of hydrogen-bond acceptors (Lipinski definition) is 4. The highest BCUT2D eigenvalue weighted by molar-refractivity contribution is 7.90. The fourth-order valence-corrected chi connectivity index (χ4v) is 2.00. The van der Waals surface area contributed by atoms with E-state index in [0.717, 1.165) is 6.26 Å². The fraction of sp³-hybridized carbons (Fsp3) is 0.222. The second-order valence-corrected chi connectivity index (χ2v) is 4.92. The normalized spacial score (nSPS) is 11.1. The van der Waals surface area contributed by atoms with Crippen molar-refractivity contribution >= 4 is 15.8 Å². The highest BCUT2D eigenvalue weighted by Crippen LogP contribution is 2.22. The van der Waals surface area contributed by atoms with Crippen LogP contribution in [0, 0.1) is 0 Å². The summed E-state index contributed by atoms with van der Waals surface area (Å²) >= 11 is 0. The first-order valence-corrected chi connectivity index (χ1v) is 5.87. The molecule has 0 aliphatic carbocycles. The summed E-state index contributed by atoms with van der Waals surface area (Å²) in [6.45, 7) is 0. The van der Waals surface area contributed by atoms with Crippen LogP contribution >= 0.6 is 0 Å². The summed E-state index contributed by atoms with van der Waals surface area (Å²) in [5.41, 5.74) is -0.252. The van der Waals surface area contributed by atoms with E-state index >= 15 is 0 Å². The van der Waals surface area contributed by atoms with Gasteiger partial charge in [-0.3, -0.25) is 0 Å². The Balaban J connectivity index is 3.50. The van der Waals surface area contributed by atoms with Crippen LogP contribution < -0.4 is 4.74 Å². The van der Waals surface area contributed by atoms with Gasteiger partial charge in [0.15, 0.2) is 9.84 Å². The van der Waals surface area contributed by atoms with E-state index in [9.17, 15) is 13.2 Å². The molecule has 0 fully saturated rings. The third-order valence-corrected chi connectivity index (χ3v) is 2.96. The summed E-state index contributed by atoms with van der Waals surface area (Å²) in [6.07, 6.45) is 0.953. The van der Waals surface area contributed by atoms with Crippen molar-refractivity contribution in [2.75, 3.05) is 13.4 Å². The molecule has 0 amide bonds. The monoisotopic (exact) mass is 230 g/mol. The lowest BCUT2D eigenvalue weighted by Crippen LogP contribution is -2.07. The predicted molar refractivity (Wildman–Crippen MR) is 53.1 cm³/mol. The molecule has 1 N–H and O–H groups in total. The van der Waals surface area contributed by atoms with Gasteiger partial charge in [-0.25, -0.2) is 13.2 Å². The summed E-state index contributed by atoms with van der Waals surface area (Å²) < 4.78 is 27.4. The molecule has 0 unspecified atom stereocenters. The predicted octanol–water partition coefficient (Wildman–Crippen LogP) is 0.797. The van der Waals surface area contributed by atoms with Crippen molar-refractivity contribution in [3.05, 3.63) is 23.8 Å². The van der Waals surface area contributed by atoms with Gasteiger partial charge < -0.3 is 9.84 Å². The van der Waals surface area contributed by atoms with Gasteiger partial charge in [0.05, 0.1) is 17.6 Å².